The van der Waals surface area contributed by atoms with Crippen LogP contribution in [0.4, 0.5) is 0 Å². The average molecular weight is 302 g/mol. The molecule has 1 saturated carbocycles. The molecule has 7 nitrogen and oxygen atoms in total. The maximum absolute atomic E-state index is 11.5. The van der Waals surface area contributed by atoms with Gasteiger partial charge >= 0.3 is 5.97 Å². The van der Waals surface area contributed by atoms with Crippen LogP contribution in [0.1, 0.15) is 55.5 Å². The van der Waals surface area contributed by atoms with Crippen LogP contribution < -0.4 is 0 Å². The van der Waals surface area contributed by atoms with Crippen molar-refractivity contribution in [3.05, 3.63) is 11.7 Å². The molecule has 1 aliphatic carbocycles. The van der Waals surface area contributed by atoms with Gasteiger partial charge in [0.05, 0.1) is 11.8 Å². The zero-order chi connectivity index (χ0) is 14.9. The molecule has 1 heterocycles. The first-order chi connectivity index (χ1) is 9.30. The molecule has 8 heteroatoms. The lowest BCUT2D eigenvalue weighted by molar-refractivity contribution is -0.143. The molecule has 1 aliphatic rings. The van der Waals surface area contributed by atoms with Gasteiger partial charge in [-0.15, -0.1) is 0 Å². The average Bonchev–Trinajstić information content (AvgIpc) is 2.86. The van der Waals surface area contributed by atoms with Crippen molar-refractivity contribution in [3.8, 4) is 0 Å². The van der Waals surface area contributed by atoms with Crippen LogP contribution in [0.3, 0.4) is 0 Å². The lowest BCUT2D eigenvalue weighted by Crippen LogP contribution is -2.25. The largest absolute Gasteiger partial charge is 0.481 e. The highest BCUT2D eigenvalue weighted by Crippen LogP contribution is 2.37. The Bertz CT molecular complexity index is 595. The minimum Gasteiger partial charge on any atom is -0.481 e. The van der Waals surface area contributed by atoms with Crippen LogP contribution in [-0.2, 0) is 14.6 Å². The van der Waals surface area contributed by atoms with Crippen LogP contribution in [0.5, 0.6) is 0 Å². The Morgan fingerprint density at radius 2 is 2.05 bits per heavy atom. The Morgan fingerprint density at radius 1 is 1.40 bits per heavy atom. The van der Waals surface area contributed by atoms with Crippen LogP contribution >= 0.6 is 0 Å². The zero-order valence-electron chi connectivity index (χ0n) is 11.4. The molecule has 1 N–H and O–H groups in total. The molecule has 0 radical (unpaired) electrons. The van der Waals surface area contributed by atoms with E-state index >= 15 is 0 Å². The number of hydrogen-bond donors (Lipinski definition) is 1. The van der Waals surface area contributed by atoms with Gasteiger partial charge in [0.25, 0.3) is 0 Å². The molecule has 2 rings (SSSR count). The Labute approximate surface area is 117 Å². The Kier molecular flexibility index (Phi) is 4.12. The van der Waals surface area contributed by atoms with E-state index in [9.17, 15) is 18.3 Å². The van der Waals surface area contributed by atoms with Gasteiger partial charge in [0.15, 0.2) is 15.7 Å². The van der Waals surface area contributed by atoms with Crippen molar-refractivity contribution < 1.29 is 22.8 Å². The fourth-order valence-electron chi connectivity index (χ4n) is 2.48. The van der Waals surface area contributed by atoms with Crippen LogP contribution in [-0.4, -0.2) is 35.9 Å². The van der Waals surface area contributed by atoms with E-state index in [-0.39, 0.29) is 17.6 Å². The zero-order valence-corrected chi connectivity index (χ0v) is 12.3. The van der Waals surface area contributed by atoms with Crippen molar-refractivity contribution in [2.45, 2.75) is 43.8 Å². The van der Waals surface area contributed by atoms with Crippen LogP contribution in [0.25, 0.3) is 0 Å². The van der Waals surface area contributed by atoms with Crippen molar-refractivity contribution in [1.82, 2.24) is 10.1 Å². The van der Waals surface area contributed by atoms with E-state index in [2.05, 4.69) is 10.1 Å². The normalized spacial score (nSPS) is 25.3. The number of rotatable bonds is 4. The van der Waals surface area contributed by atoms with Crippen LogP contribution in [0.15, 0.2) is 4.52 Å². The molecular formula is C12H18N2O5S. The van der Waals surface area contributed by atoms with E-state index < -0.39 is 27.0 Å². The maximum atomic E-state index is 11.5. The minimum absolute atomic E-state index is 0.0946. The number of nitrogens with zero attached hydrogens (tertiary/aromatic N) is 2. The third-order valence-electron chi connectivity index (χ3n) is 3.86. The molecule has 0 bridgehead atoms. The van der Waals surface area contributed by atoms with Gasteiger partial charge in [-0.25, -0.2) is 8.42 Å². The second kappa shape index (κ2) is 5.51. The summed E-state index contributed by atoms with van der Waals surface area (Å²) in [5, 5.41) is 12.1. The van der Waals surface area contributed by atoms with Crippen LogP contribution in [0.2, 0.25) is 0 Å². The van der Waals surface area contributed by atoms with Gasteiger partial charge in [0.2, 0.25) is 5.89 Å². The molecule has 3 atom stereocenters. The highest BCUT2D eigenvalue weighted by atomic mass is 32.2. The third kappa shape index (κ3) is 3.00. The summed E-state index contributed by atoms with van der Waals surface area (Å²) in [6.45, 7) is 1.49. The second-order valence-electron chi connectivity index (χ2n) is 5.30. The van der Waals surface area contributed by atoms with E-state index in [4.69, 9.17) is 4.52 Å². The third-order valence-corrected chi connectivity index (χ3v) is 5.36. The van der Waals surface area contributed by atoms with Crippen molar-refractivity contribution >= 4 is 15.8 Å². The summed E-state index contributed by atoms with van der Waals surface area (Å²) in [6, 6.07) is 0. The lowest BCUT2D eigenvalue weighted by atomic mass is 9.79. The lowest BCUT2D eigenvalue weighted by Gasteiger charge is -2.25. The molecule has 112 valence electrons. The molecule has 20 heavy (non-hydrogen) atoms. The van der Waals surface area contributed by atoms with Crippen molar-refractivity contribution in [3.63, 3.8) is 0 Å². The number of aromatic nitrogens is 2. The van der Waals surface area contributed by atoms with Gasteiger partial charge in [-0.2, -0.15) is 4.98 Å². The number of carboxylic acid groups (broad SMARTS) is 1. The smallest absolute Gasteiger partial charge is 0.307 e. The fraction of sp³-hybridized carbons (Fsp3) is 0.750. The van der Waals surface area contributed by atoms with Gasteiger partial charge in [0.1, 0.15) is 5.25 Å². The van der Waals surface area contributed by atoms with Gasteiger partial charge < -0.3 is 9.63 Å². The number of carbonyl (C=O) groups is 1. The minimum atomic E-state index is -3.30. The topological polar surface area (TPSA) is 110 Å². The highest BCUT2D eigenvalue weighted by molar-refractivity contribution is 7.90. The summed E-state index contributed by atoms with van der Waals surface area (Å²) in [5.41, 5.74) is 0. The van der Waals surface area contributed by atoms with Crippen molar-refractivity contribution in [1.29, 1.82) is 0 Å². The van der Waals surface area contributed by atoms with E-state index in [1.807, 2.05) is 0 Å². The van der Waals surface area contributed by atoms with Gasteiger partial charge in [-0.3, -0.25) is 4.79 Å². The highest BCUT2D eigenvalue weighted by Gasteiger charge is 2.36. The summed E-state index contributed by atoms with van der Waals surface area (Å²) < 4.78 is 28.1. The Balaban J connectivity index is 2.25. The molecular weight excluding hydrogens is 284 g/mol. The second-order valence-corrected chi connectivity index (χ2v) is 7.66. The molecule has 1 aromatic heterocycles. The summed E-state index contributed by atoms with van der Waals surface area (Å²) >= 11 is 0. The molecule has 0 spiro atoms. The monoisotopic (exact) mass is 302 g/mol. The number of carboxylic acids is 1. The van der Waals surface area contributed by atoms with Gasteiger partial charge in [-0.05, 0) is 19.8 Å². The summed E-state index contributed by atoms with van der Waals surface area (Å²) in [5.74, 6) is -1.40. The Hall–Kier alpha value is -1.44. The summed E-state index contributed by atoms with van der Waals surface area (Å²) in [7, 11) is -3.30. The predicted octanol–water partition coefficient (Wildman–Crippen LogP) is 1.53. The van der Waals surface area contributed by atoms with E-state index in [0.29, 0.717) is 12.8 Å². The molecule has 1 aromatic rings. The fourth-order valence-corrected chi connectivity index (χ4v) is 2.96. The molecule has 0 saturated heterocycles. The summed E-state index contributed by atoms with van der Waals surface area (Å²) in [4.78, 5) is 15.4. The number of hydrogen-bond acceptors (Lipinski definition) is 6. The molecule has 0 aliphatic heterocycles. The number of aliphatic carboxylic acids is 1. The van der Waals surface area contributed by atoms with Gasteiger partial charge in [0, 0.05) is 6.26 Å². The summed E-state index contributed by atoms with van der Waals surface area (Å²) in [6.07, 6.45) is 4.14. The molecule has 3 unspecified atom stereocenters. The van der Waals surface area contributed by atoms with Crippen molar-refractivity contribution in [2.24, 2.45) is 5.92 Å². The van der Waals surface area contributed by atoms with Crippen molar-refractivity contribution in [2.75, 3.05) is 6.26 Å². The van der Waals surface area contributed by atoms with E-state index in [1.165, 1.54) is 6.92 Å². The predicted molar refractivity (Wildman–Crippen MR) is 69.9 cm³/mol. The SMILES string of the molecule is CC(c1noc(C2CCCCC2C(=O)O)n1)S(C)(=O)=O. The van der Waals surface area contributed by atoms with E-state index in [1.54, 1.807) is 0 Å². The molecule has 1 fully saturated rings. The first kappa shape index (κ1) is 15.0. The first-order valence-corrected chi connectivity index (χ1v) is 8.51. The number of sulfone groups is 1. The molecule has 0 aromatic carbocycles. The van der Waals surface area contributed by atoms with E-state index in [0.717, 1.165) is 19.1 Å². The van der Waals surface area contributed by atoms with Crippen LogP contribution in [0, 0.1) is 5.92 Å². The quantitative estimate of drug-likeness (QED) is 0.897. The first-order valence-electron chi connectivity index (χ1n) is 6.56. The standard InChI is InChI=1S/C12H18N2O5S/c1-7(20(2,17)18)10-13-11(19-14-10)8-5-3-4-6-9(8)12(15)16/h7-9H,3-6H2,1-2H3,(H,15,16). The molecule has 0 amide bonds. The Morgan fingerprint density at radius 3 is 2.65 bits per heavy atom. The van der Waals surface area contributed by atoms with Gasteiger partial charge in [-0.1, -0.05) is 18.0 Å². The maximum Gasteiger partial charge on any atom is 0.307 e.